The Labute approximate surface area is 130 Å². The molecule has 2 aromatic heterocycles. The summed E-state index contributed by atoms with van der Waals surface area (Å²) in [6, 6.07) is 10.6. The lowest BCUT2D eigenvalue weighted by Gasteiger charge is -2.33. The molecule has 4 nitrogen and oxygen atoms in total. The average molecular weight is 292 g/mol. The monoisotopic (exact) mass is 292 g/mol. The number of para-hydroxylation sites is 1. The second kappa shape index (κ2) is 5.44. The quantitative estimate of drug-likeness (QED) is 0.784. The Morgan fingerprint density at radius 2 is 2.18 bits per heavy atom. The van der Waals surface area contributed by atoms with Gasteiger partial charge in [0.2, 0.25) is 0 Å². The summed E-state index contributed by atoms with van der Waals surface area (Å²) in [6.07, 6.45) is 6.12. The Morgan fingerprint density at radius 3 is 3.05 bits per heavy atom. The molecule has 1 unspecified atom stereocenters. The highest BCUT2D eigenvalue weighted by Gasteiger charge is 2.24. The van der Waals surface area contributed by atoms with Crippen LogP contribution in [-0.4, -0.2) is 28.0 Å². The van der Waals surface area contributed by atoms with Crippen LogP contribution in [0.4, 0.5) is 5.82 Å². The van der Waals surface area contributed by atoms with Gasteiger partial charge in [-0.3, -0.25) is 0 Å². The number of rotatable bonds is 2. The van der Waals surface area contributed by atoms with Gasteiger partial charge < -0.3 is 9.88 Å². The molecule has 112 valence electrons. The number of hydrogen-bond acceptors (Lipinski definition) is 3. The molecule has 3 heterocycles. The van der Waals surface area contributed by atoms with Crippen molar-refractivity contribution in [1.82, 2.24) is 15.0 Å². The van der Waals surface area contributed by atoms with E-state index in [1.807, 2.05) is 12.4 Å². The number of imidazole rings is 1. The van der Waals surface area contributed by atoms with Crippen LogP contribution < -0.4 is 4.90 Å². The van der Waals surface area contributed by atoms with Gasteiger partial charge in [0.25, 0.3) is 0 Å². The zero-order chi connectivity index (χ0) is 14.9. The van der Waals surface area contributed by atoms with Crippen molar-refractivity contribution in [3.63, 3.8) is 0 Å². The predicted molar refractivity (Wildman–Crippen MR) is 89.3 cm³/mol. The topological polar surface area (TPSA) is 44.8 Å². The van der Waals surface area contributed by atoms with Gasteiger partial charge in [-0.15, -0.1) is 0 Å². The third-order valence-electron chi connectivity index (χ3n) is 4.51. The lowest BCUT2D eigenvalue weighted by atomic mass is 9.97. The first-order chi connectivity index (χ1) is 10.8. The zero-order valence-corrected chi connectivity index (χ0v) is 12.8. The minimum atomic E-state index is 0.469. The maximum absolute atomic E-state index is 4.91. The molecule has 0 radical (unpaired) electrons. The van der Waals surface area contributed by atoms with Crippen molar-refractivity contribution >= 4 is 16.7 Å². The second-order valence-corrected chi connectivity index (χ2v) is 6.08. The van der Waals surface area contributed by atoms with E-state index in [0.717, 1.165) is 30.2 Å². The summed E-state index contributed by atoms with van der Waals surface area (Å²) in [4.78, 5) is 15.0. The number of benzene rings is 1. The van der Waals surface area contributed by atoms with Crippen LogP contribution in [0.25, 0.3) is 10.9 Å². The minimum Gasteiger partial charge on any atom is -0.356 e. The number of aryl methyl sites for hydroxylation is 1. The molecular weight excluding hydrogens is 272 g/mol. The number of piperidine rings is 1. The summed E-state index contributed by atoms with van der Waals surface area (Å²) < 4.78 is 0. The summed E-state index contributed by atoms with van der Waals surface area (Å²) in [5.74, 6) is 2.69. The van der Waals surface area contributed by atoms with E-state index >= 15 is 0 Å². The van der Waals surface area contributed by atoms with Crippen LogP contribution in [0.3, 0.4) is 0 Å². The van der Waals surface area contributed by atoms with Gasteiger partial charge in [-0.25, -0.2) is 9.97 Å². The Bertz CT molecular complexity index is 779. The first-order valence-corrected chi connectivity index (χ1v) is 7.92. The number of hydrogen-bond donors (Lipinski definition) is 1. The predicted octanol–water partition coefficient (Wildman–Crippen LogP) is 3.65. The number of aromatic nitrogens is 3. The largest absolute Gasteiger partial charge is 0.356 e. The number of H-pyrrole nitrogens is 1. The number of aromatic amines is 1. The number of nitrogens with one attached hydrogen (secondary N) is 1. The molecule has 4 heteroatoms. The van der Waals surface area contributed by atoms with Gasteiger partial charge in [0, 0.05) is 36.8 Å². The number of fused-ring (bicyclic) bond motifs is 1. The molecule has 3 aromatic rings. The van der Waals surface area contributed by atoms with Crippen LogP contribution in [-0.2, 0) is 0 Å². The van der Waals surface area contributed by atoms with Gasteiger partial charge in [0.15, 0.2) is 0 Å². The Hall–Kier alpha value is -2.36. The molecule has 1 N–H and O–H groups in total. The van der Waals surface area contributed by atoms with Gasteiger partial charge in [0.05, 0.1) is 5.52 Å². The third kappa shape index (κ3) is 2.34. The Balaban J connectivity index is 1.67. The molecule has 0 aliphatic carbocycles. The van der Waals surface area contributed by atoms with Gasteiger partial charge in [0.1, 0.15) is 11.6 Å². The highest BCUT2D eigenvalue weighted by molar-refractivity contribution is 5.81. The van der Waals surface area contributed by atoms with E-state index in [1.165, 1.54) is 23.8 Å². The normalized spacial score (nSPS) is 18.8. The highest BCUT2D eigenvalue weighted by atomic mass is 15.2. The molecule has 1 aromatic carbocycles. The molecule has 1 saturated heterocycles. The van der Waals surface area contributed by atoms with Gasteiger partial charge in [-0.05, 0) is 37.5 Å². The lowest BCUT2D eigenvalue weighted by Crippen LogP contribution is -2.35. The molecular formula is C18H20N4. The minimum absolute atomic E-state index is 0.469. The maximum atomic E-state index is 4.91. The summed E-state index contributed by atoms with van der Waals surface area (Å²) >= 11 is 0. The van der Waals surface area contributed by atoms with Crippen LogP contribution in [0.5, 0.6) is 0 Å². The van der Waals surface area contributed by atoms with Crippen LogP contribution in [0.1, 0.15) is 30.1 Å². The highest BCUT2D eigenvalue weighted by Crippen LogP contribution is 2.30. The van der Waals surface area contributed by atoms with E-state index in [4.69, 9.17) is 4.98 Å². The number of nitrogens with zero attached hydrogens (tertiary/aromatic N) is 3. The van der Waals surface area contributed by atoms with Crippen LogP contribution in [0, 0.1) is 6.92 Å². The van der Waals surface area contributed by atoms with Crippen LogP contribution in [0.2, 0.25) is 0 Å². The molecule has 0 spiro atoms. The molecule has 1 fully saturated rings. The van der Waals surface area contributed by atoms with E-state index < -0.39 is 0 Å². The van der Waals surface area contributed by atoms with Crippen molar-refractivity contribution < 1.29 is 0 Å². The van der Waals surface area contributed by atoms with Crippen molar-refractivity contribution in [1.29, 1.82) is 0 Å². The van der Waals surface area contributed by atoms with E-state index in [2.05, 4.69) is 52.1 Å². The zero-order valence-electron chi connectivity index (χ0n) is 12.8. The maximum Gasteiger partial charge on any atom is 0.132 e. The third-order valence-corrected chi connectivity index (χ3v) is 4.51. The summed E-state index contributed by atoms with van der Waals surface area (Å²) in [7, 11) is 0. The molecule has 4 rings (SSSR count). The van der Waals surface area contributed by atoms with Crippen LogP contribution in [0.15, 0.2) is 42.7 Å². The molecule has 1 atom stereocenters. The molecule has 0 bridgehead atoms. The standard InChI is InChI=1S/C18H20N4/c1-13-11-14-5-2-3-7-16(14)21-18(13)22-10-4-6-15(12-22)17-19-8-9-20-17/h2-3,5,7-9,11,15H,4,6,10,12H2,1H3,(H,19,20). The summed E-state index contributed by atoms with van der Waals surface area (Å²) in [6.45, 7) is 4.22. The SMILES string of the molecule is Cc1cc2ccccc2nc1N1CCCC(c2ncc[nH]2)C1. The van der Waals surface area contributed by atoms with Crippen molar-refractivity contribution in [3.8, 4) is 0 Å². The van der Waals surface area contributed by atoms with Gasteiger partial charge in [-0.1, -0.05) is 18.2 Å². The van der Waals surface area contributed by atoms with Crippen molar-refractivity contribution in [2.24, 2.45) is 0 Å². The molecule has 0 amide bonds. The second-order valence-electron chi connectivity index (χ2n) is 6.08. The van der Waals surface area contributed by atoms with E-state index in [0.29, 0.717) is 5.92 Å². The van der Waals surface area contributed by atoms with E-state index in [9.17, 15) is 0 Å². The fourth-order valence-electron chi connectivity index (χ4n) is 3.43. The fraction of sp³-hybridized carbons (Fsp3) is 0.333. The summed E-state index contributed by atoms with van der Waals surface area (Å²) in [5.41, 5.74) is 2.32. The number of pyridine rings is 1. The van der Waals surface area contributed by atoms with Crippen LogP contribution >= 0.6 is 0 Å². The molecule has 22 heavy (non-hydrogen) atoms. The van der Waals surface area contributed by atoms with Crippen molar-refractivity contribution in [2.75, 3.05) is 18.0 Å². The lowest BCUT2D eigenvalue weighted by molar-refractivity contribution is 0.491. The summed E-state index contributed by atoms with van der Waals surface area (Å²) in [5, 5.41) is 1.21. The number of anilines is 1. The first kappa shape index (κ1) is 13.3. The van der Waals surface area contributed by atoms with Crippen molar-refractivity contribution in [2.45, 2.75) is 25.7 Å². The van der Waals surface area contributed by atoms with E-state index in [1.54, 1.807) is 0 Å². The van der Waals surface area contributed by atoms with Gasteiger partial charge in [-0.2, -0.15) is 0 Å². The Kier molecular flexibility index (Phi) is 3.29. The Morgan fingerprint density at radius 1 is 1.27 bits per heavy atom. The smallest absolute Gasteiger partial charge is 0.132 e. The first-order valence-electron chi connectivity index (χ1n) is 7.92. The van der Waals surface area contributed by atoms with Crippen molar-refractivity contribution in [3.05, 3.63) is 54.1 Å². The van der Waals surface area contributed by atoms with Gasteiger partial charge >= 0.3 is 0 Å². The fourth-order valence-corrected chi connectivity index (χ4v) is 3.43. The molecule has 1 aliphatic rings. The molecule has 0 saturated carbocycles. The van der Waals surface area contributed by atoms with E-state index in [-0.39, 0.29) is 0 Å². The average Bonchev–Trinajstić information content (AvgIpc) is 3.09. The molecule has 1 aliphatic heterocycles.